The first-order valence-electron chi connectivity index (χ1n) is 8.46. The Hall–Kier alpha value is -2.45. The number of hydrogen-bond acceptors (Lipinski definition) is 4. The molecular weight excluding hydrogens is 443 g/mol. The lowest BCUT2D eigenvalue weighted by atomic mass is 10.2. The highest BCUT2D eigenvalue weighted by atomic mass is 79.9. The molecule has 28 heavy (non-hydrogen) atoms. The fourth-order valence-corrected chi connectivity index (χ4v) is 3.35. The summed E-state index contributed by atoms with van der Waals surface area (Å²) in [6.07, 6.45) is 1.74. The van der Waals surface area contributed by atoms with E-state index in [4.69, 9.17) is 0 Å². The van der Waals surface area contributed by atoms with E-state index in [1.807, 2.05) is 24.3 Å². The molecule has 0 aliphatic carbocycles. The predicted octanol–water partition coefficient (Wildman–Crippen LogP) is 5.07. The number of hydrogen-bond donors (Lipinski definition) is 1. The van der Waals surface area contributed by atoms with Gasteiger partial charge in [0.1, 0.15) is 5.82 Å². The second kappa shape index (κ2) is 9.16. The van der Waals surface area contributed by atoms with E-state index in [-0.39, 0.29) is 17.5 Å². The summed E-state index contributed by atoms with van der Waals surface area (Å²) in [5.74, 6) is 0.219. The van der Waals surface area contributed by atoms with E-state index in [1.165, 1.54) is 17.8 Å². The quantitative estimate of drug-likeness (QED) is 0.394. The molecule has 8 heteroatoms. The first kappa shape index (κ1) is 20.3. The van der Waals surface area contributed by atoms with E-state index >= 15 is 0 Å². The van der Waals surface area contributed by atoms with Crippen LogP contribution in [0.25, 0.3) is 11.4 Å². The Morgan fingerprint density at radius 1 is 1.32 bits per heavy atom. The van der Waals surface area contributed by atoms with Gasteiger partial charge in [-0.1, -0.05) is 52.0 Å². The largest absolute Gasteiger partial charge is 0.325 e. The molecule has 0 bridgehead atoms. The second-order valence-corrected chi connectivity index (χ2v) is 7.85. The van der Waals surface area contributed by atoms with Crippen molar-refractivity contribution in [3.05, 3.63) is 71.0 Å². The molecule has 0 aliphatic rings. The summed E-state index contributed by atoms with van der Waals surface area (Å²) in [5, 5.41) is 7.62. The molecule has 0 atom stereocenters. The summed E-state index contributed by atoms with van der Waals surface area (Å²) in [5.41, 5.74) is 1.88. The third-order valence-corrected chi connectivity index (χ3v) is 5.21. The Kier molecular flexibility index (Phi) is 6.64. The number of benzene rings is 2. The average Bonchev–Trinajstić information content (AvgIpc) is 3.07. The molecule has 0 saturated heterocycles. The molecule has 1 heterocycles. The summed E-state index contributed by atoms with van der Waals surface area (Å²) in [6, 6.07) is 12.4. The van der Waals surface area contributed by atoms with Gasteiger partial charge in [0.05, 0.1) is 12.3 Å². The van der Waals surface area contributed by atoms with Crippen molar-refractivity contribution >= 4 is 39.3 Å². The monoisotopic (exact) mass is 460 g/mol. The van der Waals surface area contributed by atoms with Gasteiger partial charge in [0.25, 0.3) is 0 Å². The number of thioether (sulfide) groups is 1. The van der Waals surface area contributed by atoms with Gasteiger partial charge in [-0.3, -0.25) is 4.79 Å². The van der Waals surface area contributed by atoms with Crippen LogP contribution in [0.15, 0.2) is 64.7 Å². The normalized spacial score (nSPS) is 10.7. The Morgan fingerprint density at radius 2 is 2.07 bits per heavy atom. The highest BCUT2D eigenvalue weighted by Crippen LogP contribution is 2.24. The van der Waals surface area contributed by atoms with E-state index in [1.54, 1.807) is 29.8 Å². The second-order valence-electron chi connectivity index (χ2n) is 6.00. The molecule has 0 aliphatic heterocycles. The van der Waals surface area contributed by atoms with Gasteiger partial charge >= 0.3 is 0 Å². The number of carbonyl (C=O) groups excluding carboxylic acids is 1. The van der Waals surface area contributed by atoms with Gasteiger partial charge in [0.15, 0.2) is 5.82 Å². The van der Waals surface area contributed by atoms with Crippen LogP contribution in [0.3, 0.4) is 0 Å². The van der Waals surface area contributed by atoms with Gasteiger partial charge in [-0.25, -0.2) is 14.1 Å². The van der Waals surface area contributed by atoms with Gasteiger partial charge in [0, 0.05) is 15.7 Å². The standard InChI is InChI=1S/C20H18BrFN4OS/c1-3-10-26-19(14-5-7-15(21)8-6-14)24-20(25-26)28-12-18(27)23-16-9-4-13(2)17(22)11-16/h3-9,11H,1,10,12H2,2H3,(H,23,27). The van der Waals surface area contributed by atoms with Gasteiger partial charge in [-0.15, -0.1) is 11.7 Å². The number of halogens is 2. The first-order chi connectivity index (χ1) is 13.5. The van der Waals surface area contributed by atoms with Crippen LogP contribution in [0.2, 0.25) is 0 Å². The summed E-state index contributed by atoms with van der Waals surface area (Å²) in [6.45, 7) is 5.93. The smallest absolute Gasteiger partial charge is 0.234 e. The highest BCUT2D eigenvalue weighted by molar-refractivity contribution is 9.10. The van der Waals surface area contributed by atoms with E-state index in [9.17, 15) is 9.18 Å². The van der Waals surface area contributed by atoms with Crippen molar-refractivity contribution in [2.24, 2.45) is 0 Å². The number of amides is 1. The summed E-state index contributed by atoms with van der Waals surface area (Å²) < 4.78 is 16.3. The highest BCUT2D eigenvalue weighted by Gasteiger charge is 2.13. The molecule has 1 N–H and O–H groups in total. The van der Waals surface area contributed by atoms with Crippen LogP contribution >= 0.6 is 27.7 Å². The summed E-state index contributed by atoms with van der Waals surface area (Å²) in [4.78, 5) is 16.7. The summed E-state index contributed by atoms with van der Waals surface area (Å²) >= 11 is 4.64. The van der Waals surface area contributed by atoms with E-state index < -0.39 is 0 Å². The number of nitrogens with one attached hydrogen (secondary N) is 1. The maximum absolute atomic E-state index is 13.6. The van der Waals surface area contributed by atoms with Crippen molar-refractivity contribution in [2.45, 2.75) is 18.6 Å². The maximum atomic E-state index is 13.6. The lowest BCUT2D eigenvalue weighted by Gasteiger charge is -2.05. The molecule has 0 unspecified atom stereocenters. The molecule has 0 spiro atoms. The predicted molar refractivity (Wildman–Crippen MR) is 114 cm³/mol. The molecule has 1 amide bonds. The van der Waals surface area contributed by atoms with Crippen LogP contribution in [0.4, 0.5) is 10.1 Å². The number of rotatable bonds is 7. The number of anilines is 1. The fourth-order valence-electron chi connectivity index (χ4n) is 2.44. The van der Waals surface area contributed by atoms with Crippen LogP contribution in [-0.4, -0.2) is 26.4 Å². The van der Waals surface area contributed by atoms with Crippen molar-refractivity contribution in [1.29, 1.82) is 0 Å². The van der Waals surface area contributed by atoms with Gasteiger partial charge in [-0.2, -0.15) is 0 Å². The number of carbonyl (C=O) groups is 1. The summed E-state index contributed by atoms with van der Waals surface area (Å²) in [7, 11) is 0. The first-order valence-corrected chi connectivity index (χ1v) is 10.2. The molecule has 3 rings (SSSR count). The molecule has 1 aromatic heterocycles. The van der Waals surface area contributed by atoms with E-state index in [2.05, 4.69) is 37.9 Å². The van der Waals surface area contributed by atoms with E-state index in [0.717, 1.165) is 10.0 Å². The molecule has 3 aromatic rings. The zero-order valence-corrected chi connectivity index (χ0v) is 17.6. The third-order valence-electron chi connectivity index (χ3n) is 3.84. The van der Waals surface area contributed by atoms with Crippen LogP contribution in [-0.2, 0) is 11.3 Å². The Labute approximate surface area is 175 Å². The maximum Gasteiger partial charge on any atom is 0.234 e. The zero-order chi connectivity index (χ0) is 20.1. The Balaban J connectivity index is 1.69. The molecule has 2 aromatic carbocycles. The van der Waals surface area contributed by atoms with Crippen molar-refractivity contribution in [3.8, 4) is 11.4 Å². The number of nitrogens with zero attached hydrogens (tertiary/aromatic N) is 3. The molecule has 0 fully saturated rings. The molecular formula is C20H18BrFN4OS. The minimum Gasteiger partial charge on any atom is -0.325 e. The van der Waals surface area contributed by atoms with Gasteiger partial charge in [0.2, 0.25) is 11.1 Å². The minimum atomic E-state index is -0.352. The van der Waals surface area contributed by atoms with Crippen LogP contribution in [0.5, 0.6) is 0 Å². The molecule has 144 valence electrons. The Bertz CT molecular complexity index is 1000. The van der Waals surface area contributed by atoms with Crippen molar-refractivity contribution in [2.75, 3.05) is 11.1 Å². The Morgan fingerprint density at radius 3 is 2.75 bits per heavy atom. The lowest BCUT2D eigenvalue weighted by molar-refractivity contribution is -0.113. The molecule has 0 radical (unpaired) electrons. The number of aromatic nitrogens is 3. The van der Waals surface area contributed by atoms with Crippen molar-refractivity contribution < 1.29 is 9.18 Å². The van der Waals surface area contributed by atoms with E-state index in [0.29, 0.717) is 28.8 Å². The SMILES string of the molecule is C=CCn1nc(SCC(=O)Nc2ccc(C)c(F)c2)nc1-c1ccc(Br)cc1. The van der Waals surface area contributed by atoms with Gasteiger partial charge in [-0.05, 0) is 36.8 Å². The van der Waals surface area contributed by atoms with Crippen molar-refractivity contribution in [1.82, 2.24) is 14.8 Å². The van der Waals surface area contributed by atoms with Crippen LogP contribution in [0, 0.1) is 12.7 Å². The van der Waals surface area contributed by atoms with Gasteiger partial charge < -0.3 is 5.32 Å². The van der Waals surface area contributed by atoms with Crippen LogP contribution in [0.1, 0.15) is 5.56 Å². The number of aryl methyl sites for hydroxylation is 1. The third kappa shape index (κ3) is 5.08. The zero-order valence-electron chi connectivity index (χ0n) is 15.2. The van der Waals surface area contributed by atoms with Crippen molar-refractivity contribution in [3.63, 3.8) is 0 Å². The lowest BCUT2D eigenvalue weighted by Crippen LogP contribution is -2.14. The minimum absolute atomic E-state index is 0.118. The molecule has 5 nitrogen and oxygen atoms in total. The average molecular weight is 461 g/mol. The topological polar surface area (TPSA) is 59.8 Å². The van der Waals surface area contributed by atoms with Crippen LogP contribution < -0.4 is 5.32 Å². The number of allylic oxidation sites excluding steroid dienone is 1. The molecule has 0 saturated carbocycles. The fraction of sp³-hybridized carbons (Fsp3) is 0.150.